The third-order valence-corrected chi connectivity index (χ3v) is 0. The van der Waals surface area contributed by atoms with Gasteiger partial charge in [0.1, 0.15) is 0 Å². The molecule has 13 valence electrons. The molecule has 0 aromatic rings. The van der Waals surface area contributed by atoms with E-state index in [9.17, 15) is 0 Å². The molecule has 0 rings (SSSR count). The van der Waals surface area contributed by atoms with Crippen LogP contribution in [-0.4, -0.2) is 69.2 Å². The molecule has 0 atom stereocenters. The minimum Gasteiger partial charge on any atom is -1.00 e. The first kappa shape index (κ1) is 25.2. The molecule has 0 aliphatic heterocycles. The Hall–Kier alpha value is 3.73. The van der Waals surface area contributed by atoms with Gasteiger partial charge in [0.15, 0.2) is 0 Å². The molecule has 0 aliphatic carbocycles. The van der Waals surface area contributed by atoms with Gasteiger partial charge in [-0.2, -0.15) is 0 Å². The molecule has 0 aromatic heterocycles. The average molecular weight is 119 g/mol. The zero-order valence-corrected chi connectivity index (χ0v) is 9.74. The largest absolute Gasteiger partial charge is 2.00 e. The zero-order chi connectivity index (χ0) is 0. The first-order chi connectivity index (χ1) is 0. The summed E-state index contributed by atoms with van der Waals surface area (Å²) in [7, 11) is 0. The van der Waals surface area contributed by atoms with E-state index >= 15 is 0 Å². The van der Waals surface area contributed by atoms with Gasteiger partial charge < -0.3 is 7.13 Å². The number of hydrogen-bond acceptors (Lipinski definition) is 0. The Labute approximate surface area is 124 Å². The van der Waals surface area contributed by atoms with Crippen LogP contribution in [0, 0.1) is 0 Å². The molecule has 0 aliphatic rings. The first-order valence-electron chi connectivity index (χ1n) is 0. The van der Waals surface area contributed by atoms with Crippen LogP contribution in [0.5, 0.6) is 0 Å². The van der Waals surface area contributed by atoms with E-state index in [4.69, 9.17) is 0 Å². The van der Waals surface area contributed by atoms with Gasteiger partial charge in [-0.1, -0.05) is 0 Å². The third kappa shape index (κ3) is 9.21. The topological polar surface area (TPSA) is 0 Å². The van der Waals surface area contributed by atoms with Crippen molar-refractivity contribution in [1.82, 2.24) is 0 Å². The molecule has 3 radical (unpaired) electrons. The minimum absolute atomic E-state index is 0. The van der Waals surface area contributed by atoms with Gasteiger partial charge in [0, 0.05) is 8.41 Å². The van der Waals surface area contributed by atoms with E-state index in [1.807, 2.05) is 0 Å². The van der Waals surface area contributed by atoms with Crippen LogP contribution in [0.1, 0.15) is 7.13 Å². The molecule has 4 heteroatoms. The standard InChI is InChI=1S/B.Ca.K.Mg.5H/q;+2;+1;+2;5*-1. The Balaban J connectivity index is 0. The molecule has 0 unspecified atom stereocenters. The van der Waals surface area contributed by atoms with Crippen molar-refractivity contribution in [1.29, 1.82) is 0 Å². The summed E-state index contributed by atoms with van der Waals surface area (Å²) in [6.07, 6.45) is 0. The maximum Gasteiger partial charge on any atom is 2.00 e. The van der Waals surface area contributed by atoms with Crippen LogP contribution in [-0.2, 0) is 0 Å². The molecule has 0 saturated heterocycles. The van der Waals surface area contributed by atoms with E-state index in [1.165, 1.54) is 0 Å². The maximum absolute atomic E-state index is 0. The van der Waals surface area contributed by atoms with Gasteiger partial charge in [-0.25, -0.2) is 0 Å². The molecular formula is H5BCaKMg. The second kappa shape index (κ2) is 15.9. The van der Waals surface area contributed by atoms with Crippen molar-refractivity contribution in [2.45, 2.75) is 0 Å². The monoisotopic (exact) mass is 119 g/mol. The third-order valence-electron chi connectivity index (χ3n) is 0. The van der Waals surface area contributed by atoms with E-state index < -0.39 is 0 Å². The Morgan fingerprint density at radius 2 is 1.25 bits per heavy atom. The Morgan fingerprint density at radius 3 is 1.25 bits per heavy atom. The Kier molecular flexibility index (Phi) is 100.0. The van der Waals surface area contributed by atoms with Gasteiger partial charge in [-0.05, 0) is 0 Å². The van der Waals surface area contributed by atoms with Crippen LogP contribution in [0.2, 0.25) is 0 Å². The van der Waals surface area contributed by atoms with Crippen molar-refractivity contribution in [2.24, 2.45) is 0 Å². The number of rotatable bonds is 0. The maximum atomic E-state index is 0. The fourth-order valence-electron chi connectivity index (χ4n) is 0. The van der Waals surface area contributed by atoms with Crippen LogP contribution in [0.25, 0.3) is 0 Å². The summed E-state index contributed by atoms with van der Waals surface area (Å²) >= 11 is 0. The van der Waals surface area contributed by atoms with E-state index in [0.717, 1.165) is 0 Å². The molecule has 0 nitrogen and oxygen atoms in total. The van der Waals surface area contributed by atoms with Crippen LogP contribution < -0.4 is 51.4 Å². The quantitative estimate of drug-likeness (QED) is 0.289. The predicted molar refractivity (Wildman–Crippen MR) is 22.8 cm³/mol. The van der Waals surface area contributed by atoms with Gasteiger partial charge in [0.05, 0.1) is 0 Å². The van der Waals surface area contributed by atoms with Gasteiger partial charge in [-0.3, -0.25) is 0 Å². The zero-order valence-electron chi connectivity index (χ0n) is 7.99. The average Bonchev–Trinajstić information content (AvgIpc) is 0. The summed E-state index contributed by atoms with van der Waals surface area (Å²) in [6, 6.07) is 0. The van der Waals surface area contributed by atoms with E-state index in [1.54, 1.807) is 0 Å². The van der Waals surface area contributed by atoms with Crippen LogP contribution in [0.3, 0.4) is 0 Å². The Bertz CT molecular complexity index is 16.9. The molecule has 0 N–H and O–H groups in total. The van der Waals surface area contributed by atoms with E-state index in [-0.39, 0.29) is 128 Å². The van der Waals surface area contributed by atoms with Crippen molar-refractivity contribution in [2.75, 3.05) is 0 Å². The molecule has 0 aromatic carbocycles. The second-order valence-electron chi connectivity index (χ2n) is 0. The van der Waals surface area contributed by atoms with E-state index in [0.29, 0.717) is 0 Å². The van der Waals surface area contributed by atoms with Crippen LogP contribution in [0.15, 0.2) is 0 Å². The molecular weight excluding hydrogens is 114 g/mol. The summed E-state index contributed by atoms with van der Waals surface area (Å²) < 4.78 is 0. The molecule has 0 bridgehead atoms. The van der Waals surface area contributed by atoms with Gasteiger partial charge in [0.25, 0.3) is 0 Å². The fourth-order valence-corrected chi connectivity index (χ4v) is 0. The van der Waals surface area contributed by atoms with Crippen LogP contribution in [0.4, 0.5) is 0 Å². The molecule has 0 amide bonds. The van der Waals surface area contributed by atoms with Gasteiger partial charge in [-0.15, -0.1) is 0 Å². The molecule has 0 saturated carbocycles. The first-order valence-corrected chi connectivity index (χ1v) is 0. The molecule has 0 heterocycles. The summed E-state index contributed by atoms with van der Waals surface area (Å²) in [5, 5.41) is 0. The van der Waals surface area contributed by atoms with Crippen molar-refractivity contribution in [3.8, 4) is 0 Å². The van der Waals surface area contributed by atoms with Crippen molar-refractivity contribution in [3.05, 3.63) is 0 Å². The summed E-state index contributed by atoms with van der Waals surface area (Å²) in [5.41, 5.74) is 0. The van der Waals surface area contributed by atoms with Crippen molar-refractivity contribution in [3.63, 3.8) is 0 Å². The Morgan fingerprint density at radius 1 is 1.25 bits per heavy atom. The fraction of sp³-hybridized carbons (Fsp3) is 0. The number of hydrogen-bond donors (Lipinski definition) is 0. The summed E-state index contributed by atoms with van der Waals surface area (Å²) in [6.45, 7) is 0. The van der Waals surface area contributed by atoms with Crippen LogP contribution >= 0.6 is 0 Å². The second-order valence-corrected chi connectivity index (χ2v) is 0. The van der Waals surface area contributed by atoms with Crippen molar-refractivity contribution < 1.29 is 58.5 Å². The van der Waals surface area contributed by atoms with E-state index in [2.05, 4.69) is 0 Å². The molecule has 0 fully saturated rings. The smallest absolute Gasteiger partial charge is 1.00 e. The van der Waals surface area contributed by atoms with Gasteiger partial charge in [0.2, 0.25) is 0 Å². The molecule has 4 heavy (non-hydrogen) atoms. The summed E-state index contributed by atoms with van der Waals surface area (Å²) in [5.74, 6) is 0. The minimum atomic E-state index is 0. The summed E-state index contributed by atoms with van der Waals surface area (Å²) in [4.78, 5) is 0. The SMILES string of the molecule is [B].[Ca+2].[H-].[H-].[H-].[H-].[H-].[K+].[Mg+2]. The van der Waals surface area contributed by atoms with Crippen molar-refractivity contribution >= 4 is 69.2 Å². The predicted octanol–water partition coefficient (Wildman–Crippen LogP) is -3.58. The van der Waals surface area contributed by atoms with Gasteiger partial charge >= 0.3 is 112 Å². The normalized spacial score (nSPS) is 0. The molecule has 0 spiro atoms.